The van der Waals surface area contributed by atoms with Gasteiger partial charge in [-0.05, 0) is 36.5 Å². The lowest BCUT2D eigenvalue weighted by molar-refractivity contribution is 0.0967. The van der Waals surface area contributed by atoms with Crippen LogP contribution in [0.15, 0.2) is 12.1 Å². The van der Waals surface area contributed by atoms with Crippen molar-refractivity contribution in [1.82, 2.24) is 0 Å². The van der Waals surface area contributed by atoms with Gasteiger partial charge in [-0.15, -0.1) is 0 Å². The zero-order valence-electron chi connectivity index (χ0n) is 8.52. The molecule has 1 aromatic carbocycles. The van der Waals surface area contributed by atoms with Crippen LogP contribution in [0.3, 0.4) is 0 Å². The number of fused-ring (bicyclic) bond motifs is 1. The average molecular weight is 243 g/mol. The summed E-state index contributed by atoms with van der Waals surface area (Å²) in [7, 11) is 0. The van der Waals surface area contributed by atoms with E-state index in [4.69, 9.17) is 23.2 Å². The molecule has 1 nitrogen and oxygen atoms in total. The molecule has 0 heterocycles. The minimum absolute atomic E-state index is 0.166. The molecule has 1 aliphatic carbocycles. The highest BCUT2D eigenvalue weighted by atomic mass is 35.5. The first-order valence-electron chi connectivity index (χ1n) is 5.09. The number of carbonyl (C=O) groups is 1. The molecule has 3 heteroatoms. The van der Waals surface area contributed by atoms with Crippen molar-refractivity contribution in [2.75, 3.05) is 0 Å². The average Bonchev–Trinajstić information content (AvgIpc) is 2.27. The summed E-state index contributed by atoms with van der Waals surface area (Å²) in [4.78, 5) is 11.9. The second-order valence-electron chi connectivity index (χ2n) is 4.18. The minimum atomic E-state index is 0.166. The van der Waals surface area contributed by atoms with E-state index < -0.39 is 0 Å². The molecule has 0 N–H and O–H groups in total. The highest BCUT2D eigenvalue weighted by Gasteiger charge is 2.22. The molecule has 0 radical (unpaired) electrons. The Morgan fingerprint density at radius 2 is 2.07 bits per heavy atom. The van der Waals surface area contributed by atoms with Crippen LogP contribution in [0.5, 0.6) is 0 Å². The predicted molar refractivity (Wildman–Crippen MR) is 62.9 cm³/mol. The number of hydrogen-bond donors (Lipinski definition) is 0. The van der Waals surface area contributed by atoms with Crippen LogP contribution in [0, 0.1) is 5.92 Å². The summed E-state index contributed by atoms with van der Waals surface area (Å²) < 4.78 is 0. The van der Waals surface area contributed by atoms with Gasteiger partial charge in [0.05, 0.1) is 0 Å². The second-order valence-corrected chi connectivity index (χ2v) is 5.03. The van der Waals surface area contributed by atoms with E-state index in [1.54, 1.807) is 12.1 Å². The third-order valence-electron chi connectivity index (χ3n) is 2.88. The molecular formula is C12H12Cl2O. The molecule has 0 saturated heterocycles. The van der Waals surface area contributed by atoms with Gasteiger partial charge in [-0.1, -0.05) is 30.1 Å². The van der Waals surface area contributed by atoms with Crippen LogP contribution in [-0.2, 0) is 6.42 Å². The first-order chi connectivity index (χ1) is 7.08. The Morgan fingerprint density at radius 3 is 2.80 bits per heavy atom. The fourth-order valence-electron chi connectivity index (χ4n) is 2.03. The lowest BCUT2D eigenvalue weighted by Gasteiger charge is -2.07. The van der Waals surface area contributed by atoms with Crippen LogP contribution < -0.4 is 0 Å². The van der Waals surface area contributed by atoms with Crippen LogP contribution in [-0.4, -0.2) is 5.78 Å². The molecule has 0 amide bonds. The van der Waals surface area contributed by atoms with Gasteiger partial charge in [-0.3, -0.25) is 4.79 Å². The maximum absolute atomic E-state index is 11.9. The maximum atomic E-state index is 11.9. The summed E-state index contributed by atoms with van der Waals surface area (Å²) in [6.07, 6.45) is 2.49. The van der Waals surface area contributed by atoms with E-state index >= 15 is 0 Å². The number of rotatable bonds is 0. The fourth-order valence-corrected chi connectivity index (χ4v) is 2.61. The van der Waals surface area contributed by atoms with Gasteiger partial charge in [0, 0.05) is 22.0 Å². The van der Waals surface area contributed by atoms with Crippen molar-refractivity contribution < 1.29 is 4.79 Å². The highest BCUT2D eigenvalue weighted by molar-refractivity contribution is 6.35. The molecule has 1 aliphatic rings. The predicted octanol–water partition coefficient (Wildman–Crippen LogP) is 4.15. The van der Waals surface area contributed by atoms with E-state index in [2.05, 4.69) is 6.92 Å². The topological polar surface area (TPSA) is 17.1 Å². The van der Waals surface area contributed by atoms with E-state index in [1.807, 2.05) is 0 Å². The van der Waals surface area contributed by atoms with Gasteiger partial charge in [-0.2, -0.15) is 0 Å². The Bertz CT molecular complexity index is 412. The largest absolute Gasteiger partial charge is 0.294 e. The highest BCUT2D eigenvalue weighted by Crippen LogP contribution is 2.32. The molecule has 0 fully saturated rings. The van der Waals surface area contributed by atoms with Crippen molar-refractivity contribution in [2.45, 2.75) is 26.2 Å². The van der Waals surface area contributed by atoms with Crippen molar-refractivity contribution in [2.24, 2.45) is 5.92 Å². The summed E-state index contributed by atoms with van der Waals surface area (Å²) in [5, 5.41) is 1.17. The van der Waals surface area contributed by atoms with Crippen LogP contribution >= 0.6 is 23.2 Å². The first-order valence-corrected chi connectivity index (χ1v) is 5.84. The van der Waals surface area contributed by atoms with Crippen molar-refractivity contribution in [3.05, 3.63) is 33.3 Å². The third-order valence-corrected chi connectivity index (χ3v) is 3.44. The summed E-state index contributed by atoms with van der Waals surface area (Å²) in [6.45, 7) is 2.10. The van der Waals surface area contributed by atoms with Gasteiger partial charge in [0.25, 0.3) is 0 Å². The van der Waals surface area contributed by atoms with Crippen LogP contribution in [0.2, 0.25) is 10.0 Å². The lowest BCUT2D eigenvalue weighted by Crippen LogP contribution is -2.03. The Balaban J connectivity index is 2.53. The lowest BCUT2D eigenvalue weighted by atomic mass is 10.0. The summed E-state index contributed by atoms with van der Waals surface area (Å²) in [5.74, 6) is 0.596. The molecule has 0 bridgehead atoms. The zero-order valence-corrected chi connectivity index (χ0v) is 10.0. The number of hydrogen-bond acceptors (Lipinski definition) is 1. The van der Waals surface area contributed by atoms with Crippen LogP contribution in [0.1, 0.15) is 35.7 Å². The Morgan fingerprint density at radius 1 is 1.33 bits per heavy atom. The molecule has 0 spiro atoms. The number of Topliss-reactive ketones (excluding diaryl/α,β-unsaturated/α-hetero) is 1. The van der Waals surface area contributed by atoms with Crippen molar-refractivity contribution in [1.29, 1.82) is 0 Å². The molecule has 80 valence electrons. The molecule has 0 aromatic heterocycles. The molecule has 1 aromatic rings. The van der Waals surface area contributed by atoms with Crippen LogP contribution in [0.25, 0.3) is 0 Å². The SMILES string of the molecule is CC1CCc2c(Cl)cc(Cl)cc2C(=O)C1. The normalized spacial score (nSPS) is 21.0. The standard InChI is InChI=1S/C12H12Cl2O/c1-7-2-3-9-10(12(15)4-7)5-8(13)6-11(9)14/h5-7H,2-4H2,1H3. The van der Waals surface area contributed by atoms with Crippen molar-refractivity contribution >= 4 is 29.0 Å². The molecule has 1 atom stereocenters. The number of halogens is 2. The molecule has 1 unspecified atom stereocenters. The number of ketones is 1. The van der Waals surface area contributed by atoms with Gasteiger partial charge >= 0.3 is 0 Å². The van der Waals surface area contributed by atoms with E-state index in [0.29, 0.717) is 22.4 Å². The first kappa shape index (κ1) is 11.0. The Kier molecular flexibility index (Phi) is 3.03. The monoisotopic (exact) mass is 242 g/mol. The molecular weight excluding hydrogens is 231 g/mol. The third kappa shape index (κ3) is 2.19. The fraction of sp³-hybridized carbons (Fsp3) is 0.417. The Labute approximate surface area is 99.4 Å². The number of benzene rings is 1. The van der Waals surface area contributed by atoms with Gasteiger partial charge in [-0.25, -0.2) is 0 Å². The van der Waals surface area contributed by atoms with E-state index in [0.717, 1.165) is 24.0 Å². The quantitative estimate of drug-likeness (QED) is 0.625. The van der Waals surface area contributed by atoms with Crippen molar-refractivity contribution in [3.63, 3.8) is 0 Å². The maximum Gasteiger partial charge on any atom is 0.163 e. The van der Waals surface area contributed by atoms with Gasteiger partial charge in [0.15, 0.2) is 5.78 Å². The summed E-state index contributed by atoms with van der Waals surface area (Å²) >= 11 is 12.0. The van der Waals surface area contributed by atoms with E-state index in [1.165, 1.54) is 0 Å². The molecule has 0 aliphatic heterocycles. The summed E-state index contributed by atoms with van der Waals surface area (Å²) in [6, 6.07) is 3.45. The smallest absolute Gasteiger partial charge is 0.163 e. The molecule has 2 rings (SSSR count). The van der Waals surface area contributed by atoms with E-state index in [9.17, 15) is 4.79 Å². The zero-order chi connectivity index (χ0) is 11.0. The van der Waals surface area contributed by atoms with Crippen molar-refractivity contribution in [3.8, 4) is 0 Å². The molecule has 15 heavy (non-hydrogen) atoms. The van der Waals surface area contributed by atoms with Gasteiger partial charge in [0.1, 0.15) is 0 Å². The second kappa shape index (κ2) is 4.15. The van der Waals surface area contributed by atoms with Gasteiger partial charge in [0.2, 0.25) is 0 Å². The molecule has 0 saturated carbocycles. The van der Waals surface area contributed by atoms with Gasteiger partial charge < -0.3 is 0 Å². The van der Waals surface area contributed by atoms with Crippen LogP contribution in [0.4, 0.5) is 0 Å². The Hall–Kier alpha value is -0.530. The summed E-state index contributed by atoms with van der Waals surface area (Å²) in [5.41, 5.74) is 1.69. The minimum Gasteiger partial charge on any atom is -0.294 e. The van der Waals surface area contributed by atoms with E-state index in [-0.39, 0.29) is 5.78 Å². The number of carbonyl (C=O) groups excluding carboxylic acids is 1.